The van der Waals surface area contributed by atoms with Crippen molar-refractivity contribution in [2.45, 2.75) is 18.9 Å². The van der Waals surface area contributed by atoms with E-state index in [1.807, 2.05) is 25.4 Å². The standard InChI is InChI=1S/C17H17N5O3/c1-21-5-4-14(20-21)12-7-13(12)17(25)19-11-3-2-10-8-18-22(9-16(23)24)15(10)6-11/h2-6,8,12-13H,7,9H2,1H3,(H,19,25)(H,23,24)/t12-,13-/m1/s1. The number of nitrogens with one attached hydrogen (secondary N) is 1. The Morgan fingerprint density at radius 1 is 1.36 bits per heavy atom. The third-order valence-corrected chi connectivity index (χ3v) is 4.44. The lowest BCUT2D eigenvalue weighted by molar-refractivity contribution is -0.137. The van der Waals surface area contributed by atoms with E-state index in [1.165, 1.54) is 4.68 Å². The molecule has 1 fully saturated rings. The van der Waals surface area contributed by atoms with Crippen LogP contribution in [0.5, 0.6) is 0 Å². The molecule has 2 atom stereocenters. The van der Waals surface area contributed by atoms with Crippen molar-refractivity contribution >= 4 is 28.5 Å². The molecule has 2 aromatic heterocycles. The summed E-state index contributed by atoms with van der Waals surface area (Å²) in [4.78, 5) is 23.3. The normalized spacial score (nSPS) is 19.1. The predicted octanol–water partition coefficient (Wildman–Crippen LogP) is 1.60. The zero-order valence-corrected chi connectivity index (χ0v) is 13.6. The van der Waals surface area contributed by atoms with Crippen LogP contribution < -0.4 is 5.32 Å². The highest BCUT2D eigenvalue weighted by Gasteiger charge is 2.45. The Balaban J connectivity index is 1.49. The molecule has 1 aliphatic carbocycles. The molecule has 25 heavy (non-hydrogen) atoms. The number of carboxylic acid groups (broad SMARTS) is 1. The minimum atomic E-state index is -0.962. The van der Waals surface area contributed by atoms with Gasteiger partial charge in [-0.05, 0) is 30.7 Å². The fraction of sp³-hybridized carbons (Fsp3) is 0.294. The molecule has 1 amide bonds. The second-order valence-electron chi connectivity index (χ2n) is 6.32. The Morgan fingerprint density at radius 3 is 2.92 bits per heavy atom. The molecule has 1 saturated carbocycles. The van der Waals surface area contributed by atoms with E-state index in [0.717, 1.165) is 17.5 Å². The van der Waals surface area contributed by atoms with Crippen LogP contribution in [-0.4, -0.2) is 36.5 Å². The number of aromatic nitrogens is 4. The maximum absolute atomic E-state index is 12.4. The van der Waals surface area contributed by atoms with Gasteiger partial charge in [-0.1, -0.05) is 0 Å². The number of amides is 1. The summed E-state index contributed by atoms with van der Waals surface area (Å²) in [7, 11) is 1.86. The number of hydrogen-bond acceptors (Lipinski definition) is 4. The number of rotatable bonds is 5. The van der Waals surface area contributed by atoms with Gasteiger partial charge in [0.2, 0.25) is 5.91 Å². The summed E-state index contributed by atoms with van der Waals surface area (Å²) in [6.45, 7) is -0.217. The Morgan fingerprint density at radius 2 is 2.20 bits per heavy atom. The molecule has 0 bridgehead atoms. The lowest BCUT2D eigenvalue weighted by Gasteiger charge is -2.06. The molecule has 2 heterocycles. The first kappa shape index (κ1) is 15.4. The van der Waals surface area contributed by atoms with Crippen LogP contribution in [0.15, 0.2) is 36.7 Å². The maximum atomic E-state index is 12.4. The lowest BCUT2D eigenvalue weighted by Crippen LogP contribution is -2.15. The first-order chi connectivity index (χ1) is 12.0. The second kappa shape index (κ2) is 5.73. The minimum absolute atomic E-state index is 0.0423. The summed E-state index contributed by atoms with van der Waals surface area (Å²) >= 11 is 0. The Kier molecular flexibility index (Phi) is 3.52. The largest absolute Gasteiger partial charge is 0.480 e. The number of carbonyl (C=O) groups is 2. The van der Waals surface area contributed by atoms with Crippen molar-refractivity contribution in [2.75, 3.05) is 5.32 Å². The fourth-order valence-electron chi connectivity index (χ4n) is 3.08. The molecular formula is C17H17N5O3. The quantitative estimate of drug-likeness (QED) is 0.735. The lowest BCUT2D eigenvalue weighted by atomic mass is 10.2. The summed E-state index contributed by atoms with van der Waals surface area (Å²) in [5.41, 5.74) is 2.26. The molecular weight excluding hydrogens is 322 g/mol. The third kappa shape index (κ3) is 2.98. The smallest absolute Gasteiger partial charge is 0.325 e. The molecule has 0 aliphatic heterocycles. The van der Waals surface area contributed by atoms with Crippen LogP contribution in [0.2, 0.25) is 0 Å². The molecule has 0 saturated heterocycles. The third-order valence-electron chi connectivity index (χ3n) is 4.44. The van der Waals surface area contributed by atoms with Crippen molar-refractivity contribution < 1.29 is 14.7 Å². The highest BCUT2D eigenvalue weighted by Crippen LogP contribution is 2.47. The number of anilines is 1. The van der Waals surface area contributed by atoms with Crippen LogP contribution in [0.25, 0.3) is 10.9 Å². The van der Waals surface area contributed by atoms with Gasteiger partial charge >= 0.3 is 5.97 Å². The Hall–Kier alpha value is -3.16. The van der Waals surface area contributed by atoms with Crippen molar-refractivity contribution in [1.29, 1.82) is 0 Å². The summed E-state index contributed by atoms with van der Waals surface area (Å²) in [5, 5.41) is 21.1. The number of hydrogen-bond donors (Lipinski definition) is 2. The van der Waals surface area contributed by atoms with E-state index in [2.05, 4.69) is 15.5 Å². The predicted molar refractivity (Wildman–Crippen MR) is 90.1 cm³/mol. The molecule has 4 rings (SSSR count). The molecule has 2 N–H and O–H groups in total. The average Bonchev–Trinajstić information content (AvgIpc) is 3.12. The number of benzene rings is 1. The van der Waals surface area contributed by atoms with Crippen LogP contribution in [0.3, 0.4) is 0 Å². The van der Waals surface area contributed by atoms with E-state index in [1.54, 1.807) is 23.0 Å². The van der Waals surface area contributed by atoms with Crippen molar-refractivity contribution in [1.82, 2.24) is 19.6 Å². The number of carbonyl (C=O) groups excluding carboxylic acids is 1. The van der Waals surface area contributed by atoms with E-state index in [0.29, 0.717) is 11.2 Å². The monoisotopic (exact) mass is 339 g/mol. The van der Waals surface area contributed by atoms with Crippen LogP contribution in [-0.2, 0) is 23.2 Å². The molecule has 1 aliphatic rings. The van der Waals surface area contributed by atoms with E-state index >= 15 is 0 Å². The number of nitrogens with zero attached hydrogens (tertiary/aromatic N) is 4. The number of aliphatic carboxylic acids is 1. The SMILES string of the molecule is Cn1ccc([C@@H]2C[C@H]2C(=O)Nc2ccc3cnn(CC(=O)O)c3c2)n1. The van der Waals surface area contributed by atoms with E-state index < -0.39 is 5.97 Å². The van der Waals surface area contributed by atoms with Crippen LogP contribution in [0.4, 0.5) is 5.69 Å². The second-order valence-corrected chi connectivity index (χ2v) is 6.32. The molecule has 3 aromatic rings. The highest BCUT2D eigenvalue weighted by molar-refractivity contribution is 5.97. The summed E-state index contributed by atoms with van der Waals surface area (Å²) in [5.74, 6) is -0.910. The van der Waals surface area contributed by atoms with Gasteiger partial charge in [0.1, 0.15) is 6.54 Å². The van der Waals surface area contributed by atoms with Crippen molar-refractivity contribution in [2.24, 2.45) is 13.0 Å². The van der Waals surface area contributed by atoms with Crippen LogP contribution in [0, 0.1) is 5.92 Å². The Bertz CT molecular complexity index is 974. The van der Waals surface area contributed by atoms with Gasteiger partial charge in [-0.3, -0.25) is 19.0 Å². The van der Waals surface area contributed by atoms with E-state index in [4.69, 9.17) is 5.11 Å². The van der Waals surface area contributed by atoms with Gasteiger partial charge in [0.25, 0.3) is 0 Å². The fourth-order valence-corrected chi connectivity index (χ4v) is 3.08. The molecule has 0 unspecified atom stereocenters. The molecule has 8 nitrogen and oxygen atoms in total. The van der Waals surface area contributed by atoms with E-state index in [9.17, 15) is 9.59 Å². The van der Waals surface area contributed by atoms with Gasteiger partial charge in [-0.25, -0.2) is 0 Å². The van der Waals surface area contributed by atoms with Crippen molar-refractivity contribution in [3.05, 3.63) is 42.4 Å². The molecule has 0 radical (unpaired) electrons. The van der Waals surface area contributed by atoms with E-state index in [-0.39, 0.29) is 24.3 Å². The van der Waals surface area contributed by atoms with Crippen LogP contribution in [0.1, 0.15) is 18.0 Å². The van der Waals surface area contributed by atoms with Crippen molar-refractivity contribution in [3.8, 4) is 0 Å². The summed E-state index contributed by atoms with van der Waals surface area (Å²) in [6, 6.07) is 7.31. The summed E-state index contributed by atoms with van der Waals surface area (Å²) in [6.07, 6.45) is 4.28. The summed E-state index contributed by atoms with van der Waals surface area (Å²) < 4.78 is 3.14. The molecule has 128 valence electrons. The number of aryl methyl sites for hydroxylation is 1. The van der Waals surface area contributed by atoms with Crippen LogP contribution >= 0.6 is 0 Å². The zero-order valence-electron chi connectivity index (χ0n) is 13.6. The zero-order chi connectivity index (χ0) is 17.6. The molecule has 8 heteroatoms. The average molecular weight is 339 g/mol. The van der Waals surface area contributed by atoms with Gasteiger partial charge in [0.15, 0.2) is 0 Å². The van der Waals surface area contributed by atoms with Crippen molar-refractivity contribution in [3.63, 3.8) is 0 Å². The van der Waals surface area contributed by atoms with Gasteiger partial charge in [-0.2, -0.15) is 10.2 Å². The van der Waals surface area contributed by atoms with Gasteiger partial charge in [0.05, 0.1) is 17.4 Å². The first-order valence-corrected chi connectivity index (χ1v) is 7.99. The van der Waals surface area contributed by atoms with Gasteiger partial charge in [0, 0.05) is 36.2 Å². The number of carboxylic acids is 1. The van der Waals surface area contributed by atoms with Gasteiger partial charge in [-0.15, -0.1) is 0 Å². The number of fused-ring (bicyclic) bond motifs is 1. The Labute approximate surface area is 143 Å². The molecule has 0 spiro atoms. The van der Waals surface area contributed by atoms with Gasteiger partial charge < -0.3 is 10.4 Å². The maximum Gasteiger partial charge on any atom is 0.325 e. The highest BCUT2D eigenvalue weighted by atomic mass is 16.4. The molecule has 1 aromatic carbocycles. The minimum Gasteiger partial charge on any atom is -0.480 e. The first-order valence-electron chi connectivity index (χ1n) is 7.99. The topological polar surface area (TPSA) is 102 Å².